The predicted molar refractivity (Wildman–Crippen MR) is 186 cm³/mol. The summed E-state index contributed by atoms with van der Waals surface area (Å²) in [6.45, 7) is 7.35. The number of carbonyl (C=O) groups excluding carboxylic acids is 4. The van der Waals surface area contributed by atoms with Crippen molar-refractivity contribution >= 4 is 57.1 Å². The number of nitrogens with zero attached hydrogens (tertiary/aromatic N) is 2. The van der Waals surface area contributed by atoms with Gasteiger partial charge in [-0.05, 0) is 35.1 Å². The van der Waals surface area contributed by atoms with Crippen LogP contribution < -0.4 is 10.6 Å². The van der Waals surface area contributed by atoms with Crippen molar-refractivity contribution in [1.29, 1.82) is 0 Å². The van der Waals surface area contributed by atoms with Crippen molar-refractivity contribution in [2.75, 3.05) is 0 Å². The number of carboxylic acid groups (broad SMARTS) is 2. The lowest BCUT2D eigenvalue weighted by molar-refractivity contribution is -0.143. The molecule has 2 amide bonds. The molecule has 12 nitrogen and oxygen atoms in total. The number of ketones is 2. The van der Waals surface area contributed by atoms with Gasteiger partial charge in [0.2, 0.25) is 0 Å². The standard InChI is InChI=1S/C38H38N4O8/c1-21(2)31(37(47)48)39-35(45)33(43)27-19-41(29-11-7-5-9-25(27)29)17-23-13-15-24(16-14-23)18-42-20-28(26-10-6-8-12-30(26)42)34(44)36(46)40-32(22(3)4)38(49)50/h5-16,19-22,31-32H,17-18H2,1-4H3,(H,39,45)(H,40,46)(H,47,48)(H,49,50)/t31-,32+. The van der Waals surface area contributed by atoms with Crippen LogP contribution in [0.2, 0.25) is 0 Å². The fraction of sp³-hybridized carbons (Fsp3) is 0.263. The molecule has 5 rings (SSSR count). The molecule has 0 aliphatic heterocycles. The van der Waals surface area contributed by atoms with Gasteiger partial charge in [0.25, 0.3) is 23.4 Å². The second kappa shape index (κ2) is 14.6. The van der Waals surface area contributed by atoms with Crippen LogP contribution in [0, 0.1) is 11.8 Å². The zero-order valence-electron chi connectivity index (χ0n) is 28.0. The van der Waals surface area contributed by atoms with E-state index in [9.17, 15) is 39.0 Å². The summed E-state index contributed by atoms with van der Waals surface area (Å²) in [6.07, 6.45) is 3.21. The molecule has 0 saturated carbocycles. The van der Waals surface area contributed by atoms with Crippen molar-refractivity contribution in [1.82, 2.24) is 19.8 Å². The zero-order chi connectivity index (χ0) is 36.3. The first-order valence-corrected chi connectivity index (χ1v) is 16.2. The molecule has 50 heavy (non-hydrogen) atoms. The van der Waals surface area contributed by atoms with Crippen molar-refractivity contribution in [2.45, 2.75) is 52.9 Å². The highest BCUT2D eigenvalue weighted by molar-refractivity contribution is 6.45. The molecule has 0 aliphatic rings. The van der Waals surface area contributed by atoms with Crippen LogP contribution in [0.1, 0.15) is 59.5 Å². The summed E-state index contributed by atoms with van der Waals surface area (Å²) in [7, 11) is 0. The van der Waals surface area contributed by atoms with Crippen molar-refractivity contribution in [3.05, 3.63) is 107 Å². The Bertz CT molecular complexity index is 1970. The van der Waals surface area contributed by atoms with Gasteiger partial charge in [-0.3, -0.25) is 19.2 Å². The van der Waals surface area contributed by atoms with Crippen molar-refractivity contribution in [2.24, 2.45) is 11.8 Å². The topological polar surface area (TPSA) is 177 Å². The van der Waals surface area contributed by atoms with E-state index in [1.807, 2.05) is 57.7 Å². The molecule has 0 radical (unpaired) electrons. The first kappa shape index (κ1) is 35.3. The van der Waals surface area contributed by atoms with Crippen LogP contribution in [-0.4, -0.2) is 66.8 Å². The van der Waals surface area contributed by atoms with E-state index in [1.165, 1.54) is 0 Å². The van der Waals surface area contributed by atoms with Gasteiger partial charge in [0.05, 0.1) is 11.1 Å². The molecule has 0 unspecified atom stereocenters. The number of carbonyl (C=O) groups is 6. The number of rotatable bonds is 14. The van der Waals surface area contributed by atoms with Gasteiger partial charge in [-0.2, -0.15) is 0 Å². The molecule has 2 heterocycles. The molecule has 0 bridgehead atoms. The largest absolute Gasteiger partial charge is 0.480 e. The Hall–Kier alpha value is -6.04. The van der Waals surface area contributed by atoms with Gasteiger partial charge >= 0.3 is 11.9 Å². The highest BCUT2D eigenvalue weighted by Crippen LogP contribution is 2.25. The summed E-state index contributed by atoms with van der Waals surface area (Å²) < 4.78 is 3.72. The lowest BCUT2D eigenvalue weighted by Gasteiger charge is -2.17. The molecule has 0 spiro atoms. The Morgan fingerprint density at radius 1 is 0.560 bits per heavy atom. The molecular formula is C38H38N4O8. The van der Waals surface area contributed by atoms with E-state index >= 15 is 0 Å². The van der Waals surface area contributed by atoms with E-state index in [2.05, 4.69) is 10.6 Å². The lowest BCUT2D eigenvalue weighted by Crippen LogP contribution is -2.46. The van der Waals surface area contributed by atoms with E-state index in [4.69, 9.17) is 0 Å². The number of para-hydroxylation sites is 2. The van der Waals surface area contributed by atoms with Crippen LogP contribution in [0.3, 0.4) is 0 Å². The number of Topliss-reactive ketones (excluding diaryl/α,β-unsaturated/α-hetero) is 2. The number of carboxylic acids is 2. The van der Waals surface area contributed by atoms with Crippen LogP contribution in [0.15, 0.2) is 85.2 Å². The summed E-state index contributed by atoms with van der Waals surface area (Å²) in [5.74, 6) is -6.87. The Morgan fingerprint density at radius 2 is 0.900 bits per heavy atom. The monoisotopic (exact) mass is 678 g/mol. The Labute approximate surface area is 287 Å². The van der Waals surface area contributed by atoms with Crippen LogP contribution in [0.25, 0.3) is 21.8 Å². The average Bonchev–Trinajstić information content (AvgIpc) is 3.63. The number of nitrogens with one attached hydrogen (secondary N) is 2. The highest BCUT2D eigenvalue weighted by atomic mass is 16.4. The quantitative estimate of drug-likeness (QED) is 0.0980. The van der Waals surface area contributed by atoms with E-state index < -0.39 is 59.2 Å². The number of benzene rings is 3. The number of aliphatic carboxylic acids is 2. The van der Waals surface area contributed by atoms with Crippen LogP contribution in [-0.2, 0) is 32.3 Å². The Morgan fingerprint density at radius 3 is 1.22 bits per heavy atom. The van der Waals surface area contributed by atoms with Gasteiger partial charge in [-0.25, -0.2) is 9.59 Å². The first-order chi connectivity index (χ1) is 23.8. The molecule has 0 aliphatic carbocycles. The fourth-order valence-electron chi connectivity index (χ4n) is 5.95. The van der Waals surface area contributed by atoms with Crippen molar-refractivity contribution < 1.29 is 39.0 Å². The first-order valence-electron chi connectivity index (χ1n) is 16.2. The summed E-state index contributed by atoms with van der Waals surface area (Å²) in [6, 6.07) is 19.7. The third-order valence-electron chi connectivity index (χ3n) is 8.65. The number of hydrogen-bond acceptors (Lipinski definition) is 6. The van der Waals surface area contributed by atoms with Crippen LogP contribution in [0.5, 0.6) is 0 Å². The lowest BCUT2D eigenvalue weighted by atomic mass is 10.0. The summed E-state index contributed by atoms with van der Waals surface area (Å²) >= 11 is 0. The molecule has 3 aromatic carbocycles. The number of fused-ring (bicyclic) bond motifs is 2. The highest BCUT2D eigenvalue weighted by Gasteiger charge is 2.30. The van der Waals surface area contributed by atoms with E-state index in [1.54, 1.807) is 64.4 Å². The van der Waals surface area contributed by atoms with Crippen molar-refractivity contribution in [3.63, 3.8) is 0 Å². The molecule has 0 saturated heterocycles. The van der Waals surface area contributed by atoms with Gasteiger partial charge in [0.1, 0.15) is 12.1 Å². The molecular weight excluding hydrogens is 640 g/mol. The van der Waals surface area contributed by atoms with E-state index in [-0.39, 0.29) is 11.1 Å². The number of amides is 2. The molecule has 12 heteroatoms. The zero-order valence-corrected chi connectivity index (χ0v) is 28.0. The summed E-state index contributed by atoms with van der Waals surface area (Å²) in [5.41, 5.74) is 3.62. The average molecular weight is 679 g/mol. The summed E-state index contributed by atoms with van der Waals surface area (Å²) in [5, 5.41) is 24.7. The molecule has 0 fully saturated rings. The van der Waals surface area contributed by atoms with Gasteiger partial charge in [0, 0.05) is 47.3 Å². The second-order valence-corrected chi connectivity index (χ2v) is 12.9. The maximum Gasteiger partial charge on any atom is 0.326 e. The van der Waals surface area contributed by atoms with E-state index in [0.29, 0.717) is 23.9 Å². The maximum absolute atomic E-state index is 13.2. The van der Waals surface area contributed by atoms with E-state index in [0.717, 1.165) is 22.2 Å². The summed E-state index contributed by atoms with van der Waals surface area (Å²) in [4.78, 5) is 75.2. The number of hydrogen-bond donors (Lipinski definition) is 4. The minimum absolute atomic E-state index is 0.170. The second-order valence-electron chi connectivity index (χ2n) is 12.9. The van der Waals surface area contributed by atoms with Gasteiger partial charge in [-0.1, -0.05) is 88.4 Å². The minimum Gasteiger partial charge on any atom is -0.480 e. The predicted octanol–water partition coefficient (Wildman–Crippen LogP) is 4.51. The van der Waals surface area contributed by atoms with Gasteiger partial charge in [-0.15, -0.1) is 0 Å². The fourth-order valence-corrected chi connectivity index (χ4v) is 5.95. The molecule has 2 aromatic heterocycles. The smallest absolute Gasteiger partial charge is 0.326 e. The Kier molecular flexibility index (Phi) is 10.3. The number of aromatic nitrogens is 2. The van der Waals surface area contributed by atoms with Crippen molar-refractivity contribution in [3.8, 4) is 0 Å². The molecule has 5 aromatic rings. The van der Waals surface area contributed by atoms with Gasteiger partial charge < -0.3 is 30.0 Å². The molecule has 4 N–H and O–H groups in total. The van der Waals surface area contributed by atoms with Gasteiger partial charge in [0.15, 0.2) is 0 Å². The van der Waals surface area contributed by atoms with Crippen LogP contribution in [0.4, 0.5) is 0 Å². The third kappa shape index (κ3) is 7.34. The minimum atomic E-state index is -1.22. The Balaban J connectivity index is 1.35. The van der Waals surface area contributed by atoms with Crippen LogP contribution >= 0.6 is 0 Å². The third-order valence-corrected chi connectivity index (χ3v) is 8.65. The normalized spacial score (nSPS) is 12.6. The SMILES string of the molecule is CC(C)[C@H](NC(=O)C(=O)c1cn(Cc2ccc(Cn3cc(C(=O)C(=O)N[C@@H](C(=O)O)C(C)C)c4ccccc43)cc2)c2ccccc12)C(=O)O. The molecule has 2 atom stereocenters. The molecule has 258 valence electrons. The maximum atomic E-state index is 13.2.